The molecule has 1 amide bonds. The van der Waals surface area contributed by atoms with Gasteiger partial charge in [0.05, 0.1) is 6.10 Å². The second-order valence-electron chi connectivity index (χ2n) is 4.02. The lowest BCUT2D eigenvalue weighted by atomic mass is 10.3. The van der Waals surface area contributed by atoms with E-state index in [0.717, 1.165) is 15.6 Å². The molecule has 1 aromatic rings. The van der Waals surface area contributed by atoms with Gasteiger partial charge in [-0.15, -0.1) is 10.2 Å². The normalized spacial score (nSPS) is 13.5. The predicted octanol–water partition coefficient (Wildman–Crippen LogP) is -0.112. The maximum absolute atomic E-state index is 12.1. The van der Waals surface area contributed by atoms with Gasteiger partial charge in [-0.25, -0.2) is 8.42 Å². The van der Waals surface area contributed by atoms with E-state index in [1.165, 1.54) is 14.0 Å². The highest BCUT2D eigenvalue weighted by atomic mass is 32.2. The molecule has 19 heavy (non-hydrogen) atoms. The highest BCUT2D eigenvalue weighted by Gasteiger charge is 2.25. The smallest absolute Gasteiger partial charge is 0.272 e. The molecule has 10 heteroatoms. The monoisotopic (exact) mass is 308 g/mol. The van der Waals surface area contributed by atoms with Crippen LogP contribution in [-0.4, -0.2) is 53.6 Å². The van der Waals surface area contributed by atoms with E-state index in [-0.39, 0.29) is 21.9 Å². The van der Waals surface area contributed by atoms with Gasteiger partial charge >= 0.3 is 0 Å². The molecule has 0 aliphatic heterocycles. The third-order valence-corrected chi connectivity index (χ3v) is 5.22. The molecule has 0 saturated carbocycles. The van der Waals surface area contributed by atoms with Crippen LogP contribution in [0.5, 0.6) is 0 Å². The van der Waals surface area contributed by atoms with Crippen molar-refractivity contribution in [3.63, 3.8) is 0 Å². The van der Waals surface area contributed by atoms with Crippen LogP contribution in [0, 0.1) is 0 Å². The van der Waals surface area contributed by atoms with Gasteiger partial charge in [0.1, 0.15) is 0 Å². The van der Waals surface area contributed by atoms with Crippen molar-refractivity contribution >= 4 is 32.4 Å². The van der Waals surface area contributed by atoms with Gasteiger partial charge in [-0.1, -0.05) is 11.3 Å². The molecule has 0 aromatic carbocycles. The van der Waals surface area contributed by atoms with Gasteiger partial charge in [-0.3, -0.25) is 4.79 Å². The molecule has 1 rings (SSSR count). The highest BCUT2D eigenvalue weighted by Crippen LogP contribution is 2.22. The van der Waals surface area contributed by atoms with E-state index >= 15 is 0 Å². The van der Waals surface area contributed by atoms with Crippen LogP contribution in [0.2, 0.25) is 0 Å². The fraction of sp³-hybridized carbons (Fsp3) is 0.667. The Morgan fingerprint density at radius 1 is 1.53 bits per heavy atom. The number of rotatable bonds is 6. The van der Waals surface area contributed by atoms with E-state index < -0.39 is 16.1 Å². The summed E-state index contributed by atoms with van der Waals surface area (Å²) in [6.45, 7) is 3.06. The highest BCUT2D eigenvalue weighted by molar-refractivity contribution is 7.91. The number of sulfonamides is 1. The van der Waals surface area contributed by atoms with E-state index in [9.17, 15) is 13.2 Å². The van der Waals surface area contributed by atoms with Gasteiger partial charge in [0.15, 0.2) is 0 Å². The Balaban J connectivity index is 2.81. The molecule has 0 aliphatic rings. The number of aliphatic hydroxyl groups excluding tert-OH is 1. The summed E-state index contributed by atoms with van der Waals surface area (Å²) in [5.74, 6) is -0.345. The second kappa shape index (κ2) is 6.37. The molecule has 1 atom stereocenters. The van der Waals surface area contributed by atoms with E-state index in [0.29, 0.717) is 6.42 Å². The third kappa shape index (κ3) is 4.49. The summed E-state index contributed by atoms with van der Waals surface area (Å²) in [5, 5.41) is 18.8. The molecule has 1 unspecified atom stereocenters. The fourth-order valence-electron chi connectivity index (χ4n) is 1.14. The van der Waals surface area contributed by atoms with Crippen molar-refractivity contribution in [2.75, 3.05) is 18.9 Å². The zero-order chi connectivity index (χ0) is 14.6. The second-order valence-corrected chi connectivity index (χ2v) is 7.21. The first kappa shape index (κ1) is 16.0. The minimum absolute atomic E-state index is 0.134. The average molecular weight is 308 g/mol. The lowest BCUT2D eigenvalue weighted by molar-refractivity contribution is -0.114. The number of amides is 1. The molecule has 1 aromatic heterocycles. The summed E-state index contributed by atoms with van der Waals surface area (Å²) in [4.78, 5) is 10.8. The molecule has 0 fully saturated rings. The molecule has 1 heterocycles. The summed E-state index contributed by atoms with van der Waals surface area (Å²) in [5.41, 5.74) is 0. The topological polar surface area (TPSA) is 112 Å². The largest absolute Gasteiger partial charge is 0.393 e. The van der Waals surface area contributed by atoms with Crippen LogP contribution in [0.4, 0.5) is 5.13 Å². The van der Waals surface area contributed by atoms with Crippen molar-refractivity contribution in [2.24, 2.45) is 0 Å². The van der Waals surface area contributed by atoms with Crippen LogP contribution < -0.4 is 5.32 Å². The maximum atomic E-state index is 12.1. The van der Waals surface area contributed by atoms with Crippen molar-refractivity contribution in [2.45, 2.75) is 30.7 Å². The average Bonchev–Trinajstić information content (AvgIpc) is 2.73. The molecule has 0 radical (unpaired) electrons. The number of carbonyl (C=O) groups is 1. The molecule has 0 bridgehead atoms. The van der Waals surface area contributed by atoms with E-state index in [2.05, 4.69) is 15.5 Å². The molecule has 108 valence electrons. The van der Waals surface area contributed by atoms with Gasteiger partial charge in [-0.2, -0.15) is 4.31 Å². The van der Waals surface area contributed by atoms with Gasteiger partial charge in [0.2, 0.25) is 15.4 Å². The van der Waals surface area contributed by atoms with Gasteiger partial charge in [-0.05, 0) is 13.3 Å². The summed E-state index contributed by atoms with van der Waals surface area (Å²) in [6, 6.07) is 0. The van der Waals surface area contributed by atoms with Gasteiger partial charge in [0.25, 0.3) is 10.0 Å². The zero-order valence-electron chi connectivity index (χ0n) is 10.8. The van der Waals surface area contributed by atoms with Crippen LogP contribution in [0.25, 0.3) is 0 Å². The molecule has 0 aliphatic carbocycles. The summed E-state index contributed by atoms with van der Waals surface area (Å²) < 4.78 is 25.1. The van der Waals surface area contributed by atoms with Crippen molar-refractivity contribution < 1.29 is 18.3 Å². The summed E-state index contributed by atoms with van der Waals surface area (Å²) >= 11 is 0.784. The van der Waals surface area contributed by atoms with Gasteiger partial charge < -0.3 is 10.4 Å². The standard InChI is InChI=1S/C9H16N4O4S2/c1-6(14)4-5-13(3)19(16,17)9-12-11-8(18-9)10-7(2)15/h6,14H,4-5H2,1-3H3,(H,10,11,15). The van der Waals surface area contributed by atoms with Gasteiger partial charge in [0, 0.05) is 20.5 Å². The first-order valence-corrected chi connectivity index (χ1v) is 7.74. The Morgan fingerprint density at radius 2 is 2.16 bits per heavy atom. The third-order valence-electron chi connectivity index (χ3n) is 2.18. The fourth-order valence-corrected chi connectivity index (χ4v) is 3.46. The van der Waals surface area contributed by atoms with Crippen molar-refractivity contribution in [3.8, 4) is 0 Å². The number of aromatic nitrogens is 2. The number of hydrogen-bond acceptors (Lipinski definition) is 7. The number of carbonyl (C=O) groups excluding carboxylic acids is 1. The Bertz CT molecular complexity index is 540. The molecule has 0 spiro atoms. The molecule has 2 N–H and O–H groups in total. The maximum Gasteiger partial charge on any atom is 0.272 e. The van der Waals surface area contributed by atoms with E-state index in [1.807, 2.05) is 0 Å². The number of nitrogens with zero attached hydrogens (tertiary/aromatic N) is 3. The lowest BCUT2D eigenvalue weighted by Gasteiger charge is -2.15. The summed E-state index contributed by atoms with van der Waals surface area (Å²) in [7, 11) is -2.33. The van der Waals surface area contributed by atoms with E-state index in [4.69, 9.17) is 5.11 Å². The first-order valence-electron chi connectivity index (χ1n) is 5.49. The van der Waals surface area contributed by atoms with Crippen molar-refractivity contribution in [3.05, 3.63) is 0 Å². The van der Waals surface area contributed by atoms with Crippen LogP contribution in [0.15, 0.2) is 4.34 Å². The first-order chi connectivity index (χ1) is 8.73. The number of hydrogen-bond donors (Lipinski definition) is 2. The molecule has 0 saturated heterocycles. The van der Waals surface area contributed by atoms with Crippen LogP contribution in [0.1, 0.15) is 20.3 Å². The molecular formula is C9H16N4O4S2. The van der Waals surface area contributed by atoms with Crippen LogP contribution in [0.3, 0.4) is 0 Å². The van der Waals surface area contributed by atoms with E-state index in [1.54, 1.807) is 6.92 Å². The minimum Gasteiger partial charge on any atom is -0.393 e. The predicted molar refractivity (Wildman–Crippen MR) is 70.3 cm³/mol. The summed E-state index contributed by atoms with van der Waals surface area (Å²) in [6.07, 6.45) is -0.255. The number of nitrogens with one attached hydrogen (secondary N) is 1. The number of anilines is 1. The quantitative estimate of drug-likeness (QED) is 0.709. The number of aliphatic hydroxyl groups is 1. The zero-order valence-corrected chi connectivity index (χ0v) is 12.5. The molecular weight excluding hydrogens is 292 g/mol. The molecule has 8 nitrogen and oxygen atoms in total. The SMILES string of the molecule is CC(=O)Nc1nnc(S(=O)(=O)N(C)CCC(C)O)s1. The Hall–Kier alpha value is -1.10. The Kier molecular flexibility index (Phi) is 5.35. The van der Waals surface area contributed by atoms with Crippen LogP contribution >= 0.6 is 11.3 Å². The Labute approximate surface area is 115 Å². The lowest BCUT2D eigenvalue weighted by Crippen LogP contribution is -2.29. The Morgan fingerprint density at radius 3 is 2.68 bits per heavy atom. The minimum atomic E-state index is -3.73. The van der Waals surface area contributed by atoms with Crippen LogP contribution in [-0.2, 0) is 14.8 Å². The van der Waals surface area contributed by atoms with Crippen molar-refractivity contribution in [1.82, 2.24) is 14.5 Å². The van der Waals surface area contributed by atoms with Crippen molar-refractivity contribution in [1.29, 1.82) is 0 Å².